The Balaban J connectivity index is 1.77. The van der Waals surface area contributed by atoms with Crippen molar-refractivity contribution in [3.8, 4) is 0 Å². The minimum Gasteiger partial charge on any atom is -0.299 e. The van der Waals surface area contributed by atoms with Gasteiger partial charge in [-0.2, -0.15) is 0 Å². The van der Waals surface area contributed by atoms with Gasteiger partial charge >= 0.3 is 0 Å². The van der Waals surface area contributed by atoms with E-state index in [-0.39, 0.29) is 16.6 Å². The fourth-order valence-electron chi connectivity index (χ4n) is 6.58. The fraction of sp³-hybridized carbons (Fsp3) is 0.714. The van der Waals surface area contributed by atoms with Crippen LogP contribution in [0.4, 0.5) is 0 Å². The lowest BCUT2D eigenvalue weighted by Crippen LogP contribution is -2.51. The lowest BCUT2D eigenvalue weighted by Gasteiger charge is -2.57. The quantitative estimate of drug-likeness (QED) is 0.714. The van der Waals surface area contributed by atoms with E-state index in [0.717, 1.165) is 32.1 Å². The monoisotopic (exact) mass is 312 g/mol. The maximum Gasteiger partial charge on any atom is 0.178 e. The van der Waals surface area contributed by atoms with Crippen LogP contribution < -0.4 is 0 Å². The topological polar surface area (TPSA) is 34.1 Å². The van der Waals surface area contributed by atoms with E-state index in [2.05, 4.69) is 26.8 Å². The summed E-state index contributed by atoms with van der Waals surface area (Å²) in [6, 6.07) is 0. The molecule has 2 heteroatoms. The Morgan fingerprint density at radius 1 is 1.17 bits per heavy atom. The largest absolute Gasteiger partial charge is 0.299 e. The molecule has 0 heterocycles. The average molecular weight is 312 g/mol. The Hall–Kier alpha value is -1.18. The van der Waals surface area contributed by atoms with Gasteiger partial charge in [-0.3, -0.25) is 9.59 Å². The normalized spacial score (nSPS) is 48.6. The van der Waals surface area contributed by atoms with Gasteiger partial charge in [0, 0.05) is 17.3 Å². The van der Waals surface area contributed by atoms with Crippen molar-refractivity contribution in [1.29, 1.82) is 0 Å². The molecule has 0 aromatic carbocycles. The molecular weight excluding hydrogens is 284 g/mol. The summed E-state index contributed by atoms with van der Waals surface area (Å²) >= 11 is 0. The van der Waals surface area contributed by atoms with Gasteiger partial charge in [0.1, 0.15) is 5.78 Å². The molecule has 0 spiro atoms. The summed E-state index contributed by atoms with van der Waals surface area (Å²) in [5.74, 6) is 2.98. The van der Waals surface area contributed by atoms with Gasteiger partial charge in [0.05, 0.1) is 0 Å². The van der Waals surface area contributed by atoms with E-state index < -0.39 is 0 Å². The molecule has 0 bridgehead atoms. The van der Waals surface area contributed by atoms with E-state index in [1.807, 2.05) is 6.08 Å². The molecule has 0 aromatic heterocycles. The Morgan fingerprint density at radius 3 is 2.70 bits per heavy atom. The summed E-state index contributed by atoms with van der Waals surface area (Å²) < 4.78 is 0. The number of carbonyl (C=O) groups is 2. The van der Waals surface area contributed by atoms with Crippen molar-refractivity contribution in [2.24, 2.45) is 34.5 Å². The van der Waals surface area contributed by atoms with E-state index in [9.17, 15) is 9.59 Å². The minimum atomic E-state index is -0.0642. The highest BCUT2D eigenvalue weighted by molar-refractivity contribution is 6.01. The number of ketones is 2. The standard InChI is InChI=1S/C21H28O2/c1-4-13-11-15-16-5-6-19(23)21(16,3)10-8-17(15)20(2)9-7-14(22)12-18(13)20/h7,9,12-13,15-17H,4-6,8,10-11H2,1-3H3/t13-,15-,16-,17-,20+,21-/m0/s1. The maximum atomic E-state index is 12.5. The highest BCUT2D eigenvalue weighted by Gasteiger charge is 2.59. The minimum absolute atomic E-state index is 0.0322. The van der Waals surface area contributed by atoms with Gasteiger partial charge in [0.15, 0.2) is 5.78 Å². The number of hydrogen-bond donors (Lipinski definition) is 0. The van der Waals surface area contributed by atoms with Gasteiger partial charge in [-0.05, 0) is 67.9 Å². The second kappa shape index (κ2) is 4.91. The highest BCUT2D eigenvalue weighted by atomic mass is 16.1. The Morgan fingerprint density at radius 2 is 1.96 bits per heavy atom. The van der Waals surface area contributed by atoms with Crippen molar-refractivity contribution >= 4 is 11.6 Å². The van der Waals surface area contributed by atoms with Crippen molar-refractivity contribution < 1.29 is 9.59 Å². The van der Waals surface area contributed by atoms with Crippen LogP contribution in [-0.2, 0) is 9.59 Å². The highest BCUT2D eigenvalue weighted by Crippen LogP contribution is 2.64. The molecule has 23 heavy (non-hydrogen) atoms. The van der Waals surface area contributed by atoms with Crippen LogP contribution in [-0.4, -0.2) is 11.6 Å². The first-order chi connectivity index (χ1) is 10.9. The Bertz CT molecular complexity index is 628. The van der Waals surface area contributed by atoms with Crippen LogP contribution in [0.25, 0.3) is 0 Å². The molecular formula is C21H28O2. The second-order valence-corrected chi connectivity index (χ2v) is 8.75. The molecule has 0 N–H and O–H groups in total. The van der Waals surface area contributed by atoms with Crippen LogP contribution >= 0.6 is 0 Å². The van der Waals surface area contributed by atoms with E-state index in [1.165, 1.54) is 12.0 Å². The van der Waals surface area contributed by atoms with E-state index in [4.69, 9.17) is 0 Å². The third kappa shape index (κ3) is 1.93. The van der Waals surface area contributed by atoms with E-state index >= 15 is 0 Å². The lowest BCUT2D eigenvalue weighted by atomic mass is 9.46. The van der Waals surface area contributed by atoms with Crippen molar-refractivity contribution in [3.63, 3.8) is 0 Å². The van der Waals surface area contributed by atoms with E-state index in [1.54, 1.807) is 6.08 Å². The molecule has 2 nitrogen and oxygen atoms in total. The first-order valence-electron chi connectivity index (χ1n) is 9.38. The van der Waals surface area contributed by atoms with Crippen LogP contribution in [0.15, 0.2) is 23.8 Å². The fourth-order valence-corrected chi connectivity index (χ4v) is 6.58. The summed E-state index contributed by atoms with van der Waals surface area (Å²) in [5.41, 5.74) is 1.34. The third-order valence-corrected chi connectivity index (χ3v) is 7.92. The average Bonchev–Trinajstić information content (AvgIpc) is 2.83. The van der Waals surface area contributed by atoms with Crippen molar-refractivity contribution in [2.75, 3.05) is 0 Å². The number of rotatable bonds is 1. The van der Waals surface area contributed by atoms with Gasteiger partial charge in [0.25, 0.3) is 0 Å². The first kappa shape index (κ1) is 15.4. The zero-order valence-electron chi connectivity index (χ0n) is 14.6. The number of allylic oxidation sites excluding steroid dienone is 4. The second-order valence-electron chi connectivity index (χ2n) is 8.75. The third-order valence-electron chi connectivity index (χ3n) is 7.92. The molecule has 0 aliphatic heterocycles. The van der Waals surface area contributed by atoms with Gasteiger partial charge < -0.3 is 0 Å². The molecule has 0 amide bonds. The molecule has 4 aliphatic rings. The molecule has 4 rings (SSSR count). The molecule has 3 fully saturated rings. The van der Waals surface area contributed by atoms with Crippen LogP contribution in [0.3, 0.4) is 0 Å². The van der Waals surface area contributed by atoms with Gasteiger partial charge in [-0.1, -0.05) is 32.4 Å². The van der Waals surface area contributed by atoms with Gasteiger partial charge in [-0.25, -0.2) is 0 Å². The Kier molecular flexibility index (Phi) is 3.28. The number of Topliss-reactive ketones (excluding diaryl/α,β-unsaturated/α-hetero) is 1. The zero-order chi connectivity index (χ0) is 16.4. The van der Waals surface area contributed by atoms with Crippen LogP contribution in [0, 0.1) is 34.5 Å². The summed E-state index contributed by atoms with van der Waals surface area (Å²) in [4.78, 5) is 24.4. The molecule has 0 radical (unpaired) electrons. The molecule has 4 aliphatic carbocycles. The van der Waals surface area contributed by atoms with E-state index in [0.29, 0.717) is 29.5 Å². The summed E-state index contributed by atoms with van der Waals surface area (Å²) in [5, 5.41) is 0. The van der Waals surface area contributed by atoms with Crippen molar-refractivity contribution in [3.05, 3.63) is 23.8 Å². The molecule has 6 atom stereocenters. The van der Waals surface area contributed by atoms with Gasteiger partial charge in [-0.15, -0.1) is 0 Å². The molecule has 124 valence electrons. The molecule has 3 saturated carbocycles. The molecule has 0 saturated heterocycles. The predicted molar refractivity (Wildman–Crippen MR) is 90.8 cm³/mol. The molecule has 0 aromatic rings. The van der Waals surface area contributed by atoms with Gasteiger partial charge in [0.2, 0.25) is 0 Å². The van der Waals surface area contributed by atoms with Crippen molar-refractivity contribution in [2.45, 2.75) is 59.3 Å². The predicted octanol–water partition coefficient (Wildman–Crippen LogP) is 4.50. The Labute approximate surface area is 139 Å². The van der Waals surface area contributed by atoms with Crippen LogP contribution in [0.1, 0.15) is 59.3 Å². The number of carbonyl (C=O) groups excluding carboxylic acids is 2. The van der Waals surface area contributed by atoms with Crippen molar-refractivity contribution in [1.82, 2.24) is 0 Å². The number of hydrogen-bond acceptors (Lipinski definition) is 2. The summed E-state index contributed by atoms with van der Waals surface area (Å²) in [6.07, 6.45) is 12.2. The zero-order valence-corrected chi connectivity index (χ0v) is 14.6. The SMILES string of the molecule is CC[C@H]1C[C@@H]2[C@H](CC[C@]3(C)C(=O)CC[C@@H]23)[C@@]2(C)C=CC(=O)C=C12. The maximum absolute atomic E-state index is 12.5. The summed E-state index contributed by atoms with van der Waals surface area (Å²) in [7, 11) is 0. The molecule has 0 unspecified atom stereocenters. The number of fused-ring (bicyclic) bond motifs is 5. The first-order valence-corrected chi connectivity index (χ1v) is 9.38. The summed E-state index contributed by atoms with van der Waals surface area (Å²) in [6.45, 7) is 6.83. The van der Waals surface area contributed by atoms with Crippen LogP contribution in [0.5, 0.6) is 0 Å². The van der Waals surface area contributed by atoms with Crippen LogP contribution in [0.2, 0.25) is 0 Å². The smallest absolute Gasteiger partial charge is 0.178 e. The lowest BCUT2D eigenvalue weighted by molar-refractivity contribution is -0.132.